The maximum absolute atomic E-state index is 13.1. The summed E-state index contributed by atoms with van der Waals surface area (Å²) < 4.78 is 5.90. The molecular weight excluding hydrogens is 368 g/mol. The molecule has 6 heteroatoms. The first-order chi connectivity index (χ1) is 13.8. The molecule has 0 radical (unpaired) electrons. The molecular formula is C23H24N2O4. The fraction of sp³-hybridized carbons (Fsp3) is 0.261. The van der Waals surface area contributed by atoms with Gasteiger partial charge in [-0.15, -0.1) is 0 Å². The van der Waals surface area contributed by atoms with Crippen LogP contribution in [0.15, 0.2) is 48.0 Å². The summed E-state index contributed by atoms with van der Waals surface area (Å²) in [6.45, 7) is 7.72. The molecule has 1 saturated heterocycles. The average Bonchev–Trinajstić information content (AvgIpc) is 2.65. The molecule has 0 aliphatic carbocycles. The third kappa shape index (κ3) is 4.37. The Kier molecular flexibility index (Phi) is 5.82. The fourth-order valence-corrected chi connectivity index (χ4v) is 3.13. The van der Waals surface area contributed by atoms with E-state index in [2.05, 4.69) is 5.32 Å². The zero-order valence-corrected chi connectivity index (χ0v) is 17.0. The van der Waals surface area contributed by atoms with Gasteiger partial charge in [0, 0.05) is 5.56 Å². The van der Waals surface area contributed by atoms with Crippen molar-refractivity contribution in [2.24, 2.45) is 0 Å². The summed E-state index contributed by atoms with van der Waals surface area (Å²) in [5, 5.41) is 2.26. The predicted octanol–water partition coefficient (Wildman–Crippen LogP) is 4.15. The molecule has 0 saturated carbocycles. The molecule has 2 aromatic rings. The smallest absolute Gasteiger partial charge is 0.335 e. The third-order valence-electron chi connectivity index (χ3n) is 4.69. The van der Waals surface area contributed by atoms with E-state index < -0.39 is 17.8 Å². The summed E-state index contributed by atoms with van der Waals surface area (Å²) in [6, 6.07) is 11.8. The van der Waals surface area contributed by atoms with Crippen molar-refractivity contribution in [2.45, 2.75) is 40.2 Å². The van der Waals surface area contributed by atoms with Crippen molar-refractivity contribution in [3.63, 3.8) is 0 Å². The number of anilines is 1. The molecule has 1 heterocycles. The topological polar surface area (TPSA) is 75.7 Å². The summed E-state index contributed by atoms with van der Waals surface area (Å²) >= 11 is 0. The number of carbonyl (C=O) groups excluding carboxylic acids is 3. The van der Waals surface area contributed by atoms with Crippen LogP contribution < -0.4 is 15.0 Å². The molecule has 6 nitrogen and oxygen atoms in total. The van der Waals surface area contributed by atoms with Gasteiger partial charge in [-0.25, -0.2) is 9.69 Å². The molecule has 29 heavy (non-hydrogen) atoms. The minimum absolute atomic E-state index is 0.0150. The molecule has 0 unspecified atom stereocenters. The lowest BCUT2D eigenvalue weighted by molar-refractivity contribution is -0.122. The van der Waals surface area contributed by atoms with E-state index in [1.54, 1.807) is 30.3 Å². The van der Waals surface area contributed by atoms with Crippen LogP contribution in [-0.2, 0) is 9.59 Å². The summed E-state index contributed by atoms with van der Waals surface area (Å²) in [6.07, 6.45) is 2.27. The second kappa shape index (κ2) is 8.31. The fourth-order valence-electron chi connectivity index (χ4n) is 3.13. The number of hydrogen-bond donors (Lipinski definition) is 1. The Morgan fingerprint density at radius 2 is 1.72 bits per heavy atom. The summed E-state index contributed by atoms with van der Waals surface area (Å²) in [5.41, 5.74) is 2.73. The van der Waals surface area contributed by atoms with Gasteiger partial charge in [-0.1, -0.05) is 31.2 Å². The largest absolute Gasteiger partial charge is 0.490 e. The second-order valence-corrected chi connectivity index (χ2v) is 7.18. The number of nitrogens with one attached hydrogen (secondary N) is 1. The van der Waals surface area contributed by atoms with E-state index in [9.17, 15) is 14.4 Å². The number of urea groups is 1. The molecule has 4 amide bonds. The van der Waals surface area contributed by atoms with Crippen LogP contribution in [0, 0.1) is 13.8 Å². The van der Waals surface area contributed by atoms with E-state index in [0.29, 0.717) is 17.0 Å². The van der Waals surface area contributed by atoms with Crippen molar-refractivity contribution >= 4 is 29.6 Å². The molecule has 0 bridgehead atoms. The van der Waals surface area contributed by atoms with E-state index in [-0.39, 0.29) is 11.7 Å². The number of nitrogens with zero attached hydrogens (tertiary/aromatic N) is 1. The van der Waals surface area contributed by atoms with Gasteiger partial charge in [-0.05, 0) is 62.6 Å². The molecule has 1 fully saturated rings. The minimum Gasteiger partial charge on any atom is -0.490 e. The summed E-state index contributed by atoms with van der Waals surface area (Å²) in [7, 11) is 0. The van der Waals surface area contributed by atoms with Gasteiger partial charge >= 0.3 is 6.03 Å². The highest BCUT2D eigenvalue weighted by atomic mass is 16.5. The van der Waals surface area contributed by atoms with Gasteiger partial charge in [0.25, 0.3) is 11.8 Å². The first kappa shape index (κ1) is 20.3. The van der Waals surface area contributed by atoms with Crippen LogP contribution in [0.25, 0.3) is 6.08 Å². The number of imide groups is 2. The molecule has 1 atom stereocenters. The number of hydrogen-bond acceptors (Lipinski definition) is 4. The van der Waals surface area contributed by atoms with Gasteiger partial charge in [0.1, 0.15) is 11.3 Å². The van der Waals surface area contributed by atoms with Crippen molar-refractivity contribution in [3.8, 4) is 5.75 Å². The van der Waals surface area contributed by atoms with E-state index in [1.165, 1.54) is 6.08 Å². The van der Waals surface area contributed by atoms with Crippen molar-refractivity contribution in [3.05, 3.63) is 64.7 Å². The molecule has 0 aromatic heterocycles. The van der Waals surface area contributed by atoms with Crippen LogP contribution in [0.5, 0.6) is 5.75 Å². The van der Waals surface area contributed by atoms with Crippen LogP contribution in [0.3, 0.4) is 0 Å². The Morgan fingerprint density at radius 1 is 1.07 bits per heavy atom. The summed E-state index contributed by atoms with van der Waals surface area (Å²) in [4.78, 5) is 38.9. The number of benzene rings is 2. The predicted molar refractivity (Wildman–Crippen MR) is 112 cm³/mol. The normalized spacial score (nSPS) is 16.8. The van der Waals surface area contributed by atoms with Crippen molar-refractivity contribution in [1.29, 1.82) is 0 Å². The van der Waals surface area contributed by atoms with E-state index in [0.717, 1.165) is 22.4 Å². The maximum atomic E-state index is 13.1. The Hall–Kier alpha value is -3.41. The van der Waals surface area contributed by atoms with Gasteiger partial charge in [-0.3, -0.25) is 14.9 Å². The third-order valence-corrected chi connectivity index (χ3v) is 4.69. The average molecular weight is 392 g/mol. The second-order valence-electron chi connectivity index (χ2n) is 7.18. The monoisotopic (exact) mass is 392 g/mol. The lowest BCUT2D eigenvalue weighted by atomic mass is 10.0. The molecule has 1 aliphatic rings. The van der Waals surface area contributed by atoms with Crippen LogP contribution in [0.2, 0.25) is 0 Å². The van der Waals surface area contributed by atoms with Crippen molar-refractivity contribution in [2.75, 3.05) is 4.90 Å². The molecule has 2 aromatic carbocycles. The van der Waals surface area contributed by atoms with Crippen LogP contribution in [0.4, 0.5) is 10.5 Å². The number of barbiturate groups is 1. The first-order valence-electron chi connectivity index (χ1n) is 9.55. The first-order valence-corrected chi connectivity index (χ1v) is 9.55. The number of carbonyl (C=O) groups is 3. The zero-order chi connectivity index (χ0) is 21.1. The van der Waals surface area contributed by atoms with Crippen molar-refractivity contribution < 1.29 is 19.1 Å². The highest BCUT2D eigenvalue weighted by Crippen LogP contribution is 2.27. The lowest BCUT2D eigenvalue weighted by Crippen LogP contribution is -2.54. The molecule has 0 spiro atoms. The van der Waals surface area contributed by atoms with E-state index in [4.69, 9.17) is 4.74 Å². The number of rotatable bonds is 5. The molecule has 1 N–H and O–H groups in total. The maximum Gasteiger partial charge on any atom is 0.335 e. The van der Waals surface area contributed by atoms with E-state index in [1.807, 2.05) is 39.8 Å². The highest BCUT2D eigenvalue weighted by molar-refractivity contribution is 6.39. The quantitative estimate of drug-likeness (QED) is 0.613. The van der Waals surface area contributed by atoms with E-state index >= 15 is 0 Å². The Balaban J connectivity index is 2.02. The number of aryl methyl sites for hydroxylation is 2. The lowest BCUT2D eigenvalue weighted by Gasteiger charge is -2.27. The van der Waals surface area contributed by atoms with Crippen LogP contribution >= 0.6 is 0 Å². The standard InChI is InChI=1S/C23H24N2O4/c1-5-16(4)29-20-9-7-6-8-17(20)13-19-21(26)24-23(28)25(22(19)27)18-11-14(2)10-15(3)12-18/h6-13,16H,5H2,1-4H3,(H,24,26,28)/b19-13+/t16-/m0/s1. The van der Waals surface area contributed by atoms with Gasteiger partial charge < -0.3 is 4.74 Å². The summed E-state index contributed by atoms with van der Waals surface area (Å²) in [5.74, 6) is -0.814. The van der Waals surface area contributed by atoms with Gasteiger partial charge in [-0.2, -0.15) is 0 Å². The Labute approximate surface area is 170 Å². The van der Waals surface area contributed by atoms with Gasteiger partial charge in [0.05, 0.1) is 11.8 Å². The van der Waals surface area contributed by atoms with Gasteiger partial charge in [0.15, 0.2) is 0 Å². The van der Waals surface area contributed by atoms with Gasteiger partial charge in [0.2, 0.25) is 0 Å². The molecule has 1 aliphatic heterocycles. The molecule has 3 rings (SSSR count). The SMILES string of the molecule is CC[C@H](C)Oc1ccccc1/C=C1\C(=O)NC(=O)N(c2cc(C)cc(C)c2)C1=O. The number of para-hydroxylation sites is 1. The minimum atomic E-state index is -0.758. The number of ether oxygens (including phenoxy) is 1. The number of amides is 4. The molecule has 150 valence electrons. The Morgan fingerprint density at radius 3 is 2.38 bits per heavy atom. The Bertz CT molecular complexity index is 989. The zero-order valence-electron chi connectivity index (χ0n) is 17.0. The van der Waals surface area contributed by atoms with Crippen molar-refractivity contribution in [1.82, 2.24) is 5.32 Å². The van der Waals surface area contributed by atoms with Crippen LogP contribution in [0.1, 0.15) is 37.0 Å². The highest BCUT2D eigenvalue weighted by Gasteiger charge is 2.37. The van der Waals surface area contributed by atoms with Crippen LogP contribution in [-0.4, -0.2) is 23.9 Å².